The molecule has 0 aromatic carbocycles. The van der Waals surface area contributed by atoms with Crippen molar-refractivity contribution in [1.29, 1.82) is 0 Å². The quantitative estimate of drug-likeness (QED) is 0.532. The molecule has 0 aromatic heterocycles. The molecule has 0 aliphatic carbocycles. The maximum absolute atomic E-state index is 5.64. The minimum atomic E-state index is -0.102. The second-order valence-corrected chi connectivity index (χ2v) is 6.03. The lowest BCUT2D eigenvalue weighted by atomic mass is 10.1. The van der Waals surface area contributed by atoms with E-state index in [-0.39, 0.29) is 11.8 Å². The van der Waals surface area contributed by atoms with E-state index in [1.54, 1.807) is 0 Å². The van der Waals surface area contributed by atoms with Crippen LogP contribution in [0.25, 0.3) is 0 Å². The fourth-order valence-corrected chi connectivity index (χ4v) is 2.05. The molecule has 1 N–H and O–H groups in total. The van der Waals surface area contributed by atoms with Crippen molar-refractivity contribution in [3.8, 4) is 0 Å². The molecule has 0 saturated carbocycles. The second-order valence-electron chi connectivity index (χ2n) is 6.03. The van der Waals surface area contributed by atoms with Gasteiger partial charge in [0.15, 0.2) is 6.29 Å². The molecule has 1 aliphatic heterocycles. The van der Waals surface area contributed by atoms with Crippen molar-refractivity contribution in [2.45, 2.75) is 52.4 Å². The zero-order valence-corrected chi connectivity index (χ0v) is 12.5. The van der Waals surface area contributed by atoms with Gasteiger partial charge in [-0.05, 0) is 53.6 Å². The van der Waals surface area contributed by atoms with Crippen LogP contribution in [-0.4, -0.2) is 56.1 Å². The van der Waals surface area contributed by atoms with Crippen molar-refractivity contribution >= 4 is 0 Å². The Hall–Kier alpha value is -0.160. The first-order chi connectivity index (χ1) is 8.47. The van der Waals surface area contributed by atoms with Crippen molar-refractivity contribution in [3.63, 3.8) is 0 Å². The van der Waals surface area contributed by atoms with Gasteiger partial charge in [-0.3, -0.25) is 0 Å². The molecule has 1 rings (SSSR count). The normalized spacial score (nSPS) is 19.3. The van der Waals surface area contributed by atoms with E-state index in [4.69, 9.17) is 9.47 Å². The topological polar surface area (TPSA) is 33.7 Å². The zero-order chi connectivity index (χ0) is 13.4. The van der Waals surface area contributed by atoms with Gasteiger partial charge in [0.05, 0.1) is 13.2 Å². The maximum Gasteiger partial charge on any atom is 0.154 e. The first-order valence-corrected chi connectivity index (χ1v) is 7.18. The first kappa shape index (κ1) is 15.9. The molecule has 0 spiro atoms. The molecule has 4 heteroatoms. The van der Waals surface area contributed by atoms with Crippen molar-refractivity contribution in [2.24, 2.45) is 0 Å². The highest BCUT2D eigenvalue weighted by molar-refractivity contribution is 4.69. The Morgan fingerprint density at radius 3 is 2.33 bits per heavy atom. The van der Waals surface area contributed by atoms with E-state index in [0.717, 1.165) is 19.7 Å². The number of likely N-dealkylation sites (tertiary alicyclic amines) is 1. The Kier molecular flexibility index (Phi) is 7.15. The molecule has 1 atom stereocenters. The van der Waals surface area contributed by atoms with E-state index in [0.29, 0.717) is 6.61 Å². The van der Waals surface area contributed by atoms with Crippen molar-refractivity contribution in [3.05, 3.63) is 0 Å². The lowest BCUT2D eigenvalue weighted by molar-refractivity contribution is -0.131. The summed E-state index contributed by atoms with van der Waals surface area (Å²) in [5.41, 5.74) is 0.156. The van der Waals surface area contributed by atoms with E-state index in [1.165, 1.54) is 25.9 Å². The number of rotatable bonds is 8. The zero-order valence-electron chi connectivity index (χ0n) is 12.5. The molecular formula is C14H30N2O2. The number of hydrogen-bond acceptors (Lipinski definition) is 4. The number of nitrogens with zero attached hydrogens (tertiary/aromatic N) is 1. The Morgan fingerprint density at radius 2 is 1.72 bits per heavy atom. The van der Waals surface area contributed by atoms with E-state index >= 15 is 0 Å². The average Bonchev–Trinajstić information content (AvgIpc) is 2.76. The van der Waals surface area contributed by atoms with E-state index < -0.39 is 0 Å². The van der Waals surface area contributed by atoms with Gasteiger partial charge in [-0.1, -0.05) is 0 Å². The van der Waals surface area contributed by atoms with Crippen LogP contribution < -0.4 is 5.32 Å². The van der Waals surface area contributed by atoms with Crippen LogP contribution in [0.4, 0.5) is 0 Å². The van der Waals surface area contributed by atoms with Crippen molar-refractivity contribution < 1.29 is 9.47 Å². The molecule has 18 heavy (non-hydrogen) atoms. The van der Waals surface area contributed by atoms with Crippen LogP contribution >= 0.6 is 0 Å². The van der Waals surface area contributed by atoms with Gasteiger partial charge in [0.2, 0.25) is 0 Å². The van der Waals surface area contributed by atoms with Crippen LogP contribution in [0, 0.1) is 0 Å². The van der Waals surface area contributed by atoms with Gasteiger partial charge in [0.25, 0.3) is 0 Å². The van der Waals surface area contributed by atoms with Crippen LogP contribution in [0.5, 0.6) is 0 Å². The molecule has 0 bridgehead atoms. The predicted molar refractivity (Wildman–Crippen MR) is 74.8 cm³/mol. The summed E-state index contributed by atoms with van der Waals surface area (Å²) in [6.07, 6.45) is 2.57. The lowest BCUT2D eigenvalue weighted by Gasteiger charge is -2.22. The van der Waals surface area contributed by atoms with Gasteiger partial charge >= 0.3 is 0 Å². The molecule has 1 fully saturated rings. The molecule has 108 valence electrons. The molecule has 1 heterocycles. The summed E-state index contributed by atoms with van der Waals surface area (Å²) < 4.78 is 11.2. The summed E-state index contributed by atoms with van der Waals surface area (Å²) in [6, 6.07) is 0. The molecule has 0 radical (unpaired) electrons. The Bertz CT molecular complexity index is 210. The fourth-order valence-electron chi connectivity index (χ4n) is 2.05. The summed E-state index contributed by atoms with van der Waals surface area (Å²) in [4.78, 5) is 2.45. The monoisotopic (exact) mass is 258 g/mol. The van der Waals surface area contributed by atoms with Gasteiger partial charge in [0, 0.05) is 18.6 Å². The molecule has 0 amide bonds. The van der Waals surface area contributed by atoms with E-state index in [1.807, 2.05) is 6.92 Å². The summed E-state index contributed by atoms with van der Waals surface area (Å²) >= 11 is 0. The van der Waals surface area contributed by atoms with Crippen LogP contribution in [0.2, 0.25) is 0 Å². The summed E-state index contributed by atoms with van der Waals surface area (Å²) in [6.45, 7) is 14.3. The number of nitrogens with one attached hydrogen (secondary N) is 1. The highest BCUT2D eigenvalue weighted by Crippen LogP contribution is 2.06. The van der Waals surface area contributed by atoms with Crippen LogP contribution in [0.1, 0.15) is 40.5 Å². The summed E-state index contributed by atoms with van der Waals surface area (Å²) in [5.74, 6) is 0. The van der Waals surface area contributed by atoms with Crippen molar-refractivity contribution in [1.82, 2.24) is 10.2 Å². The van der Waals surface area contributed by atoms with Crippen LogP contribution in [0.3, 0.4) is 0 Å². The molecule has 1 aliphatic rings. The standard InChI is InChI=1S/C14H30N2O2/c1-13(17-11-7-15-14(2,3)4)18-12-10-16-8-5-6-9-16/h13,15H,5-12H2,1-4H3. The molecular weight excluding hydrogens is 228 g/mol. The highest BCUT2D eigenvalue weighted by atomic mass is 16.7. The largest absolute Gasteiger partial charge is 0.352 e. The maximum atomic E-state index is 5.64. The van der Waals surface area contributed by atoms with Gasteiger partial charge in [-0.15, -0.1) is 0 Å². The predicted octanol–water partition coefficient (Wildman–Crippen LogP) is 1.85. The van der Waals surface area contributed by atoms with E-state index in [9.17, 15) is 0 Å². The summed E-state index contributed by atoms with van der Waals surface area (Å²) in [7, 11) is 0. The molecule has 4 nitrogen and oxygen atoms in total. The van der Waals surface area contributed by atoms with Gasteiger partial charge in [-0.25, -0.2) is 0 Å². The average molecular weight is 258 g/mol. The number of hydrogen-bond donors (Lipinski definition) is 1. The van der Waals surface area contributed by atoms with Crippen LogP contribution in [-0.2, 0) is 9.47 Å². The molecule has 1 unspecified atom stereocenters. The smallest absolute Gasteiger partial charge is 0.154 e. The fraction of sp³-hybridized carbons (Fsp3) is 1.00. The Labute approximate surface area is 112 Å². The minimum absolute atomic E-state index is 0.102. The Morgan fingerprint density at radius 1 is 1.11 bits per heavy atom. The molecule has 1 saturated heterocycles. The third-order valence-electron chi connectivity index (χ3n) is 3.07. The Balaban J connectivity index is 1.91. The van der Waals surface area contributed by atoms with E-state index in [2.05, 4.69) is 31.0 Å². The second kappa shape index (κ2) is 8.10. The lowest BCUT2D eigenvalue weighted by Crippen LogP contribution is -2.38. The van der Waals surface area contributed by atoms with Crippen molar-refractivity contribution in [2.75, 3.05) is 39.4 Å². The third kappa shape index (κ3) is 8.03. The summed E-state index contributed by atoms with van der Waals surface area (Å²) in [5, 5.41) is 3.39. The first-order valence-electron chi connectivity index (χ1n) is 7.18. The SMILES string of the molecule is CC(OCCNC(C)(C)C)OCCN1CCCC1. The third-order valence-corrected chi connectivity index (χ3v) is 3.07. The van der Waals surface area contributed by atoms with Crippen LogP contribution in [0.15, 0.2) is 0 Å². The van der Waals surface area contributed by atoms with Gasteiger partial charge < -0.3 is 19.7 Å². The van der Waals surface area contributed by atoms with Gasteiger partial charge in [-0.2, -0.15) is 0 Å². The molecule has 0 aromatic rings. The number of ether oxygens (including phenoxy) is 2. The minimum Gasteiger partial charge on any atom is -0.352 e. The van der Waals surface area contributed by atoms with Gasteiger partial charge in [0.1, 0.15) is 0 Å². The highest BCUT2D eigenvalue weighted by Gasteiger charge is 2.12.